The standard InChI is InChI=1S/C18H18ClFN2O2/c19-13-3-10-17(21-11-13)24-16-8-6-15(7-9-16)22-18(23)12-1-4-14(20)5-2-12/h1-5,10-11,15-16H,6-9H2,(H,22,23). The lowest BCUT2D eigenvalue weighted by molar-refractivity contribution is 0.0890. The van der Waals surface area contributed by atoms with Crippen molar-refractivity contribution in [2.75, 3.05) is 0 Å². The third kappa shape index (κ3) is 4.45. The van der Waals surface area contributed by atoms with Gasteiger partial charge in [0.1, 0.15) is 11.9 Å². The highest BCUT2D eigenvalue weighted by Gasteiger charge is 2.24. The van der Waals surface area contributed by atoms with Crippen LogP contribution in [0.4, 0.5) is 4.39 Å². The lowest BCUT2D eigenvalue weighted by Gasteiger charge is -2.29. The average Bonchev–Trinajstić information content (AvgIpc) is 2.59. The Morgan fingerprint density at radius 3 is 2.46 bits per heavy atom. The SMILES string of the molecule is O=C(NC1CCC(Oc2ccc(Cl)cn2)CC1)c1ccc(F)cc1. The van der Waals surface area contributed by atoms with Crippen LogP contribution in [-0.2, 0) is 0 Å². The lowest BCUT2D eigenvalue weighted by atomic mass is 9.92. The van der Waals surface area contributed by atoms with Crippen LogP contribution in [0.5, 0.6) is 5.88 Å². The molecule has 1 aliphatic rings. The summed E-state index contributed by atoms with van der Waals surface area (Å²) >= 11 is 5.80. The predicted molar refractivity (Wildman–Crippen MR) is 89.8 cm³/mol. The van der Waals surface area contributed by atoms with Crippen molar-refractivity contribution in [3.05, 3.63) is 59.0 Å². The van der Waals surface area contributed by atoms with Gasteiger partial charge in [-0.3, -0.25) is 4.79 Å². The number of hydrogen-bond donors (Lipinski definition) is 1. The van der Waals surface area contributed by atoms with Gasteiger partial charge in [-0.25, -0.2) is 9.37 Å². The van der Waals surface area contributed by atoms with Crippen molar-refractivity contribution < 1.29 is 13.9 Å². The van der Waals surface area contributed by atoms with Gasteiger partial charge in [0.15, 0.2) is 0 Å². The first-order chi connectivity index (χ1) is 11.6. The van der Waals surface area contributed by atoms with Crippen LogP contribution >= 0.6 is 11.6 Å². The second-order valence-electron chi connectivity index (χ2n) is 5.89. The lowest BCUT2D eigenvalue weighted by Crippen LogP contribution is -2.39. The van der Waals surface area contributed by atoms with E-state index in [2.05, 4.69) is 10.3 Å². The molecule has 4 nitrogen and oxygen atoms in total. The van der Waals surface area contributed by atoms with Crippen molar-refractivity contribution in [3.8, 4) is 5.88 Å². The fourth-order valence-electron chi connectivity index (χ4n) is 2.80. The molecule has 1 aromatic heterocycles. The van der Waals surface area contributed by atoms with E-state index in [1.807, 2.05) is 0 Å². The van der Waals surface area contributed by atoms with Crippen molar-refractivity contribution in [2.24, 2.45) is 0 Å². The summed E-state index contributed by atoms with van der Waals surface area (Å²) in [5.41, 5.74) is 0.472. The minimum atomic E-state index is -0.347. The van der Waals surface area contributed by atoms with Crippen LogP contribution in [0.3, 0.4) is 0 Å². The van der Waals surface area contributed by atoms with Gasteiger partial charge in [-0.2, -0.15) is 0 Å². The van der Waals surface area contributed by atoms with E-state index in [4.69, 9.17) is 16.3 Å². The zero-order valence-electron chi connectivity index (χ0n) is 13.0. The first-order valence-electron chi connectivity index (χ1n) is 7.95. The molecule has 3 rings (SSSR count). The average molecular weight is 349 g/mol. The molecule has 0 unspecified atom stereocenters. The Morgan fingerprint density at radius 1 is 1.12 bits per heavy atom. The highest BCUT2D eigenvalue weighted by Crippen LogP contribution is 2.23. The number of carbonyl (C=O) groups excluding carboxylic acids is 1. The first-order valence-corrected chi connectivity index (χ1v) is 8.32. The van der Waals surface area contributed by atoms with Crippen LogP contribution in [0.1, 0.15) is 36.0 Å². The fraction of sp³-hybridized carbons (Fsp3) is 0.333. The van der Waals surface area contributed by atoms with E-state index in [0.29, 0.717) is 16.5 Å². The molecule has 0 spiro atoms. The predicted octanol–water partition coefficient (Wildman–Crippen LogP) is 3.99. The van der Waals surface area contributed by atoms with Crippen LogP contribution in [0, 0.1) is 5.82 Å². The molecule has 1 amide bonds. The Morgan fingerprint density at radius 2 is 1.83 bits per heavy atom. The maximum atomic E-state index is 12.9. The molecule has 0 radical (unpaired) electrons. The van der Waals surface area contributed by atoms with Crippen LogP contribution in [-0.4, -0.2) is 23.0 Å². The fourth-order valence-corrected chi connectivity index (χ4v) is 2.91. The van der Waals surface area contributed by atoms with Crippen molar-refractivity contribution in [2.45, 2.75) is 37.8 Å². The summed E-state index contributed by atoms with van der Waals surface area (Å²) in [5.74, 6) is 0.0527. The van der Waals surface area contributed by atoms with Crippen LogP contribution in [0.15, 0.2) is 42.6 Å². The van der Waals surface area contributed by atoms with E-state index >= 15 is 0 Å². The molecule has 2 aromatic rings. The van der Waals surface area contributed by atoms with Gasteiger partial charge in [0.25, 0.3) is 5.91 Å². The summed E-state index contributed by atoms with van der Waals surface area (Å²) in [7, 11) is 0. The zero-order chi connectivity index (χ0) is 16.9. The number of pyridine rings is 1. The smallest absolute Gasteiger partial charge is 0.251 e. The van der Waals surface area contributed by atoms with Gasteiger partial charge in [-0.05, 0) is 56.0 Å². The Bertz CT molecular complexity index is 683. The second kappa shape index (κ2) is 7.62. The summed E-state index contributed by atoms with van der Waals surface area (Å²) in [4.78, 5) is 16.3. The summed E-state index contributed by atoms with van der Waals surface area (Å²) in [5, 5.41) is 3.57. The van der Waals surface area contributed by atoms with Crippen LogP contribution < -0.4 is 10.1 Å². The van der Waals surface area contributed by atoms with E-state index in [0.717, 1.165) is 25.7 Å². The van der Waals surface area contributed by atoms with Crippen molar-refractivity contribution in [1.82, 2.24) is 10.3 Å². The Labute approximate surface area is 145 Å². The number of rotatable bonds is 4. The summed E-state index contributed by atoms with van der Waals surface area (Å²) in [6.45, 7) is 0. The summed E-state index contributed by atoms with van der Waals surface area (Å²) in [6, 6.07) is 9.18. The largest absolute Gasteiger partial charge is 0.474 e. The van der Waals surface area contributed by atoms with Gasteiger partial charge in [0.05, 0.1) is 5.02 Å². The maximum absolute atomic E-state index is 12.9. The highest BCUT2D eigenvalue weighted by molar-refractivity contribution is 6.30. The molecule has 0 saturated heterocycles. The topological polar surface area (TPSA) is 51.2 Å². The number of amides is 1. The Kier molecular flexibility index (Phi) is 5.30. The van der Waals surface area contributed by atoms with E-state index < -0.39 is 0 Å². The first kappa shape index (κ1) is 16.7. The second-order valence-corrected chi connectivity index (χ2v) is 6.32. The van der Waals surface area contributed by atoms with Gasteiger partial charge in [-0.1, -0.05) is 11.6 Å². The van der Waals surface area contributed by atoms with Crippen LogP contribution in [0.2, 0.25) is 5.02 Å². The Hall–Kier alpha value is -2.14. The maximum Gasteiger partial charge on any atom is 0.251 e. The van der Waals surface area contributed by atoms with Crippen molar-refractivity contribution in [3.63, 3.8) is 0 Å². The molecule has 1 heterocycles. The summed E-state index contributed by atoms with van der Waals surface area (Å²) in [6.07, 6.45) is 5.02. The third-order valence-corrected chi connectivity index (χ3v) is 4.33. The van der Waals surface area contributed by atoms with Gasteiger partial charge >= 0.3 is 0 Å². The number of nitrogens with one attached hydrogen (secondary N) is 1. The number of halogens is 2. The minimum Gasteiger partial charge on any atom is -0.474 e. The quantitative estimate of drug-likeness (QED) is 0.908. The molecule has 1 aliphatic carbocycles. The number of carbonyl (C=O) groups is 1. The zero-order valence-corrected chi connectivity index (χ0v) is 13.8. The van der Waals surface area contributed by atoms with Crippen molar-refractivity contribution in [1.29, 1.82) is 0 Å². The number of nitrogens with zero attached hydrogens (tertiary/aromatic N) is 1. The third-order valence-electron chi connectivity index (χ3n) is 4.10. The van der Waals surface area contributed by atoms with Crippen molar-refractivity contribution >= 4 is 17.5 Å². The van der Waals surface area contributed by atoms with E-state index in [1.165, 1.54) is 24.3 Å². The minimum absolute atomic E-state index is 0.0950. The molecule has 1 aromatic carbocycles. The summed E-state index contributed by atoms with van der Waals surface area (Å²) < 4.78 is 18.7. The molecule has 1 fully saturated rings. The molecule has 126 valence electrons. The highest BCUT2D eigenvalue weighted by atomic mass is 35.5. The van der Waals surface area contributed by atoms with Crippen LogP contribution in [0.25, 0.3) is 0 Å². The molecule has 0 bridgehead atoms. The normalized spacial score (nSPS) is 20.4. The number of hydrogen-bond acceptors (Lipinski definition) is 3. The van der Waals surface area contributed by atoms with E-state index in [9.17, 15) is 9.18 Å². The van der Waals surface area contributed by atoms with E-state index in [1.54, 1.807) is 18.3 Å². The van der Waals surface area contributed by atoms with Gasteiger partial charge in [0, 0.05) is 23.9 Å². The van der Waals surface area contributed by atoms with Gasteiger partial charge in [0.2, 0.25) is 5.88 Å². The molecule has 1 N–H and O–H groups in total. The van der Waals surface area contributed by atoms with Gasteiger partial charge in [-0.15, -0.1) is 0 Å². The molecular formula is C18H18ClFN2O2. The molecule has 1 saturated carbocycles. The van der Waals surface area contributed by atoms with Gasteiger partial charge < -0.3 is 10.1 Å². The molecule has 0 aliphatic heterocycles. The molecule has 6 heteroatoms. The monoisotopic (exact) mass is 348 g/mol. The molecule has 24 heavy (non-hydrogen) atoms. The number of benzene rings is 1. The molecule has 0 atom stereocenters. The van der Waals surface area contributed by atoms with E-state index in [-0.39, 0.29) is 23.9 Å². The molecular weight excluding hydrogens is 331 g/mol. The number of ether oxygens (including phenoxy) is 1. The number of aromatic nitrogens is 1. The Balaban J connectivity index is 1.47.